The van der Waals surface area contributed by atoms with E-state index in [0.29, 0.717) is 21.0 Å². The van der Waals surface area contributed by atoms with Crippen molar-refractivity contribution in [3.8, 4) is 0 Å². The van der Waals surface area contributed by atoms with Gasteiger partial charge >= 0.3 is 81.1 Å². The van der Waals surface area contributed by atoms with E-state index in [0.717, 1.165) is 0 Å². The van der Waals surface area contributed by atoms with Crippen molar-refractivity contribution < 1.29 is 20.4 Å². The molecule has 0 radical (unpaired) electrons. The zero-order valence-corrected chi connectivity index (χ0v) is 10.0. The van der Waals surface area contributed by atoms with Crippen LogP contribution in [0.25, 0.3) is 0 Å². The van der Waals surface area contributed by atoms with Crippen molar-refractivity contribution in [1.29, 1.82) is 0 Å². The molecule has 0 aliphatic heterocycles. The molecular weight excluding hydrogens is 233 g/mol. The van der Waals surface area contributed by atoms with Crippen LogP contribution in [0.1, 0.15) is 0 Å². The zero-order chi connectivity index (χ0) is 10.2. The fourth-order valence-corrected chi connectivity index (χ4v) is 8.83. The maximum atomic E-state index is 8.88. The van der Waals surface area contributed by atoms with Crippen molar-refractivity contribution in [2.45, 2.75) is 21.0 Å². The third-order valence-electron chi connectivity index (χ3n) is 2.57. The minimum atomic E-state index is -2.32. The van der Waals surface area contributed by atoms with E-state index in [2.05, 4.69) is 0 Å². The van der Waals surface area contributed by atoms with Crippen LogP contribution in [0, 0.1) is 0 Å². The molecule has 0 spiro atoms. The zero-order valence-electron chi connectivity index (χ0n) is 7.95. The van der Waals surface area contributed by atoms with Crippen molar-refractivity contribution in [3.63, 3.8) is 0 Å². The second-order valence-electron chi connectivity index (χ2n) is 3.39. The van der Waals surface area contributed by atoms with Gasteiger partial charge in [0.2, 0.25) is 0 Å². The Bertz CT molecular complexity index is 91.2. The van der Waals surface area contributed by atoms with Gasteiger partial charge in [0.05, 0.1) is 0 Å². The fourth-order valence-electron chi connectivity index (χ4n) is 1.70. The van der Waals surface area contributed by atoms with E-state index in [-0.39, 0.29) is 26.4 Å². The summed E-state index contributed by atoms with van der Waals surface area (Å²) in [6, 6.07) is 0. The van der Waals surface area contributed by atoms with E-state index >= 15 is 0 Å². The summed E-state index contributed by atoms with van der Waals surface area (Å²) in [5, 5.41) is 38.4. The predicted molar refractivity (Wildman–Crippen MR) is 53.3 cm³/mol. The summed E-state index contributed by atoms with van der Waals surface area (Å²) in [5.74, 6) is 0. The number of hydrogen-bond donors (Lipinski definition) is 4. The molecule has 0 atom stereocenters. The Hall–Kier alpha value is 0.383. The third kappa shape index (κ3) is 4.97. The molecule has 80 valence electrons. The van der Waals surface area contributed by atoms with E-state index in [1.807, 2.05) is 0 Å². The Labute approximate surface area is 81.6 Å². The van der Waals surface area contributed by atoms with Crippen molar-refractivity contribution in [2.24, 2.45) is 0 Å². The van der Waals surface area contributed by atoms with Crippen LogP contribution in [0.15, 0.2) is 0 Å². The normalized spacial score (nSPS) is 12.0. The van der Waals surface area contributed by atoms with Crippen LogP contribution < -0.4 is 0 Å². The van der Waals surface area contributed by atoms with Gasteiger partial charge in [0.25, 0.3) is 0 Å². The molecule has 0 amide bonds. The number of aliphatic hydroxyl groups excluding tert-OH is 4. The first-order valence-electron chi connectivity index (χ1n) is 4.68. The minimum absolute atomic E-state index is 0.111. The Morgan fingerprint density at radius 1 is 0.538 bits per heavy atom. The molecule has 0 heterocycles. The molecule has 0 rings (SSSR count). The van der Waals surface area contributed by atoms with Crippen LogP contribution in [0.3, 0.4) is 0 Å². The molecule has 0 aliphatic carbocycles. The number of rotatable bonds is 8. The van der Waals surface area contributed by atoms with Crippen molar-refractivity contribution in [3.05, 3.63) is 0 Å². The van der Waals surface area contributed by atoms with Crippen molar-refractivity contribution >= 4 is 13.3 Å². The molecule has 0 saturated carbocycles. The fraction of sp³-hybridized carbons (Fsp3) is 1.00. The Morgan fingerprint density at radius 2 is 0.769 bits per heavy atom. The monoisotopic (exact) mass is 254 g/mol. The van der Waals surface area contributed by atoms with Crippen LogP contribution in [0.5, 0.6) is 0 Å². The van der Waals surface area contributed by atoms with Crippen molar-refractivity contribution in [1.82, 2.24) is 0 Å². The van der Waals surface area contributed by atoms with Gasteiger partial charge in [-0.05, 0) is 0 Å². The van der Waals surface area contributed by atoms with E-state index < -0.39 is 13.3 Å². The van der Waals surface area contributed by atoms with E-state index in [1.54, 1.807) is 0 Å². The van der Waals surface area contributed by atoms with Crippen LogP contribution >= 0.6 is 0 Å². The van der Waals surface area contributed by atoms with Gasteiger partial charge in [0.15, 0.2) is 0 Å². The molecule has 0 unspecified atom stereocenters. The summed E-state index contributed by atoms with van der Waals surface area (Å²) < 4.78 is 0. The summed E-state index contributed by atoms with van der Waals surface area (Å²) in [7, 11) is 0. The van der Waals surface area contributed by atoms with Gasteiger partial charge in [-0.3, -0.25) is 0 Å². The van der Waals surface area contributed by atoms with Gasteiger partial charge in [0, 0.05) is 0 Å². The summed E-state index contributed by atoms with van der Waals surface area (Å²) >= 11 is -2.32. The maximum absolute atomic E-state index is 8.88. The van der Waals surface area contributed by atoms with Crippen LogP contribution in [0.2, 0.25) is 21.0 Å². The SMILES string of the molecule is OC[CH2][Ge]([CH2]CO)([CH2]CO)[CH2]CO. The second kappa shape index (κ2) is 7.76. The summed E-state index contributed by atoms with van der Waals surface area (Å²) in [6.07, 6.45) is 0. The quantitative estimate of drug-likeness (QED) is 0.435. The van der Waals surface area contributed by atoms with Crippen LogP contribution in [-0.2, 0) is 0 Å². The molecular formula is C8H20GeO4. The first-order chi connectivity index (χ1) is 6.24. The van der Waals surface area contributed by atoms with Crippen LogP contribution in [-0.4, -0.2) is 60.1 Å². The third-order valence-corrected chi connectivity index (χ3v) is 13.3. The molecule has 5 heteroatoms. The predicted octanol–water partition coefficient (Wildman–Crippen LogP) is -0.596. The van der Waals surface area contributed by atoms with E-state index in [9.17, 15) is 0 Å². The molecule has 0 saturated heterocycles. The molecule has 0 fully saturated rings. The number of hydrogen-bond acceptors (Lipinski definition) is 4. The second-order valence-corrected chi connectivity index (χ2v) is 13.9. The van der Waals surface area contributed by atoms with E-state index in [4.69, 9.17) is 20.4 Å². The standard InChI is InChI=1S/C8H20GeO4/c10-5-1-9(2-6-11,3-7-12)4-8-13/h10-13H,1-8H2. The average Bonchev–Trinajstić information content (AvgIpc) is 2.06. The summed E-state index contributed by atoms with van der Waals surface area (Å²) in [6.45, 7) is 0.444. The first kappa shape index (κ1) is 13.4. The topological polar surface area (TPSA) is 80.9 Å². The van der Waals surface area contributed by atoms with E-state index in [1.165, 1.54) is 0 Å². The molecule has 0 aromatic rings. The molecule has 0 aromatic heterocycles. The van der Waals surface area contributed by atoms with Gasteiger partial charge in [-0.1, -0.05) is 0 Å². The van der Waals surface area contributed by atoms with Gasteiger partial charge in [0.1, 0.15) is 0 Å². The summed E-state index contributed by atoms with van der Waals surface area (Å²) in [5.41, 5.74) is 0. The summed E-state index contributed by atoms with van der Waals surface area (Å²) in [4.78, 5) is 0. The number of aliphatic hydroxyl groups is 4. The molecule has 0 bridgehead atoms. The molecule has 4 N–H and O–H groups in total. The first-order valence-corrected chi connectivity index (χ1v) is 10.6. The van der Waals surface area contributed by atoms with Crippen molar-refractivity contribution in [2.75, 3.05) is 26.4 Å². The molecule has 4 nitrogen and oxygen atoms in total. The molecule has 13 heavy (non-hydrogen) atoms. The molecule has 0 aromatic carbocycles. The van der Waals surface area contributed by atoms with Gasteiger partial charge in [-0.25, -0.2) is 0 Å². The van der Waals surface area contributed by atoms with Crippen LogP contribution in [0.4, 0.5) is 0 Å². The Kier molecular flexibility index (Phi) is 7.98. The molecule has 0 aliphatic rings. The van der Waals surface area contributed by atoms with Gasteiger partial charge < -0.3 is 0 Å². The Balaban J connectivity index is 4.19. The average molecular weight is 253 g/mol. The van der Waals surface area contributed by atoms with Gasteiger partial charge in [-0.15, -0.1) is 0 Å². The van der Waals surface area contributed by atoms with Gasteiger partial charge in [-0.2, -0.15) is 0 Å². The Morgan fingerprint density at radius 3 is 0.923 bits per heavy atom.